The first-order valence-corrected chi connectivity index (χ1v) is 9.86. The Morgan fingerprint density at radius 2 is 1.75 bits per heavy atom. The lowest BCUT2D eigenvalue weighted by molar-refractivity contribution is 0.0961. The number of halogens is 1. The molecule has 0 spiro atoms. The van der Waals surface area contributed by atoms with E-state index < -0.39 is 17.3 Å². The molecule has 1 fully saturated rings. The third kappa shape index (κ3) is 2.81. The molecule has 28 heavy (non-hydrogen) atoms. The number of nitriles is 2. The topological polar surface area (TPSA) is 77.5 Å². The molecule has 136 valence electrons. The number of nitrogens with zero attached hydrogens (tertiary/aromatic N) is 3. The lowest BCUT2D eigenvalue weighted by atomic mass is 10.0. The molecule has 0 saturated heterocycles. The molecular formula is C22H14ClN3OS. The van der Waals surface area contributed by atoms with E-state index in [0.717, 1.165) is 16.1 Å². The number of benzene rings is 2. The summed E-state index contributed by atoms with van der Waals surface area (Å²) in [6, 6.07) is 20.8. The molecular weight excluding hydrogens is 390 g/mol. The van der Waals surface area contributed by atoms with Crippen LogP contribution in [0.1, 0.15) is 26.8 Å². The highest BCUT2D eigenvalue weighted by molar-refractivity contribution is 7.17. The van der Waals surface area contributed by atoms with Crippen LogP contribution < -0.4 is 0 Å². The Morgan fingerprint density at radius 1 is 1.11 bits per heavy atom. The predicted molar refractivity (Wildman–Crippen MR) is 108 cm³/mol. The average molecular weight is 404 g/mol. The number of carbonyl (C=O) groups is 1. The maximum absolute atomic E-state index is 13.3. The van der Waals surface area contributed by atoms with Crippen LogP contribution in [0.15, 0.2) is 54.6 Å². The number of aromatic nitrogens is 1. The molecule has 0 bridgehead atoms. The summed E-state index contributed by atoms with van der Waals surface area (Å²) in [6.45, 7) is 1.79. The monoisotopic (exact) mass is 403 g/mol. The molecule has 1 aromatic heterocycles. The summed E-state index contributed by atoms with van der Waals surface area (Å²) in [6.07, 6.45) is 0. The first kappa shape index (κ1) is 18.4. The molecule has 4 rings (SSSR count). The Labute approximate surface area is 171 Å². The van der Waals surface area contributed by atoms with Crippen molar-refractivity contribution in [3.63, 3.8) is 0 Å². The maximum Gasteiger partial charge on any atom is 0.181 e. The smallest absolute Gasteiger partial charge is 0.181 e. The highest BCUT2D eigenvalue weighted by Gasteiger charge is 2.71. The van der Waals surface area contributed by atoms with Gasteiger partial charge in [0.2, 0.25) is 0 Å². The van der Waals surface area contributed by atoms with Gasteiger partial charge in [-0.05, 0) is 24.6 Å². The molecule has 2 atom stereocenters. The Balaban J connectivity index is 1.71. The van der Waals surface area contributed by atoms with E-state index in [1.165, 1.54) is 11.3 Å². The Hall–Kier alpha value is -2.99. The quantitative estimate of drug-likeness (QED) is 0.546. The van der Waals surface area contributed by atoms with E-state index in [1.54, 1.807) is 31.2 Å². The van der Waals surface area contributed by atoms with Gasteiger partial charge in [0, 0.05) is 16.5 Å². The minimum atomic E-state index is -1.35. The van der Waals surface area contributed by atoms with Crippen LogP contribution in [0.4, 0.5) is 0 Å². The van der Waals surface area contributed by atoms with Gasteiger partial charge in [-0.1, -0.05) is 54.1 Å². The van der Waals surface area contributed by atoms with Crippen LogP contribution in [0, 0.1) is 40.9 Å². The van der Waals surface area contributed by atoms with Gasteiger partial charge >= 0.3 is 0 Å². The van der Waals surface area contributed by atoms with E-state index in [2.05, 4.69) is 17.1 Å². The number of carbonyl (C=O) groups excluding carboxylic acids is 1. The van der Waals surface area contributed by atoms with Gasteiger partial charge in [-0.2, -0.15) is 10.5 Å². The highest BCUT2D eigenvalue weighted by Crippen LogP contribution is 2.65. The Morgan fingerprint density at radius 3 is 2.36 bits per heavy atom. The van der Waals surface area contributed by atoms with Crippen molar-refractivity contribution in [2.24, 2.45) is 11.3 Å². The van der Waals surface area contributed by atoms with Gasteiger partial charge in [0.1, 0.15) is 5.01 Å². The summed E-state index contributed by atoms with van der Waals surface area (Å²) >= 11 is 7.26. The Kier molecular flexibility index (Phi) is 4.51. The summed E-state index contributed by atoms with van der Waals surface area (Å²) in [4.78, 5) is 18.3. The van der Waals surface area contributed by atoms with Crippen molar-refractivity contribution >= 4 is 28.7 Å². The van der Waals surface area contributed by atoms with Crippen LogP contribution in [0.5, 0.6) is 0 Å². The Bertz CT molecular complexity index is 1130. The number of ketones is 1. The number of thiazole rings is 1. The fraction of sp³-hybridized carbons (Fsp3) is 0.182. The number of Topliss-reactive ketones (excluding diaryl/α,β-unsaturated/α-hetero) is 1. The van der Waals surface area contributed by atoms with Crippen molar-refractivity contribution < 1.29 is 4.79 Å². The van der Waals surface area contributed by atoms with Crippen molar-refractivity contribution in [3.8, 4) is 22.7 Å². The van der Waals surface area contributed by atoms with Crippen LogP contribution in [-0.2, 0) is 0 Å². The molecule has 1 aliphatic rings. The summed E-state index contributed by atoms with van der Waals surface area (Å²) in [5.41, 5.74) is 0.983. The predicted octanol–water partition coefficient (Wildman–Crippen LogP) is 5.40. The fourth-order valence-corrected chi connectivity index (χ4v) is 4.82. The molecule has 0 amide bonds. The third-order valence-electron chi connectivity index (χ3n) is 5.13. The second-order valence-electron chi connectivity index (χ2n) is 6.76. The molecule has 1 saturated carbocycles. The van der Waals surface area contributed by atoms with Gasteiger partial charge in [-0.15, -0.1) is 11.3 Å². The van der Waals surface area contributed by atoms with Crippen molar-refractivity contribution in [3.05, 3.63) is 75.8 Å². The lowest BCUT2D eigenvalue weighted by Gasteiger charge is -1.99. The molecule has 0 radical (unpaired) electrons. The summed E-state index contributed by atoms with van der Waals surface area (Å²) in [5, 5.41) is 20.7. The minimum Gasteiger partial charge on any atom is -0.293 e. The van der Waals surface area contributed by atoms with E-state index in [4.69, 9.17) is 11.6 Å². The van der Waals surface area contributed by atoms with Gasteiger partial charge in [0.15, 0.2) is 11.2 Å². The molecule has 0 aliphatic heterocycles. The number of hydrogen-bond acceptors (Lipinski definition) is 5. The van der Waals surface area contributed by atoms with E-state index in [0.29, 0.717) is 15.6 Å². The van der Waals surface area contributed by atoms with Crippen molar-refractivity contribution in [2.45, 2.75) is 12.8 Å². The summed E-state index contributed by atoms with van der Waals surface area (Å²) < 4.78 is 0. The zero-order valence-electron chi connectivity index (χ0n) is 14.9. The maximum atomic E-state index is 13.3. The summed E-state index contributed by atoms with van der Waals surface area (Å²) in [7, 11) is 0. The van der Waals surface area contributed by atoms with E-state index in [9.17, 15) is 15.3 Å². The van der Waals surface area contributed by atoms with Gasteiger partial charge in [-0.25, -0.2) is 4.98 Å². The fourth-order valence-electron chi connectivity index (χ4n) is 3.65. The van der Waals surface area contributed by atoms with Crippen LogP contribution in [0.25, 0.3) is 10.6 Å². The zero-order chi connectivity index (χ0) is 19.9. The largest absolute Gasteiger partial charge is 0.293 e. The molecule has 1 heterocycles. The molecule has 0 N–H and O–H groups in total. The second-order valence-corrected chi connectivity index (χ2v) is 8.20. The first-order valence-electron chi connectivity index (χ1n) is 8.67. The second kappa shape index (κ2) is 6.87. The molecule has 2 unspecified atom stereocenters. The molecule has 4 nitrogen and oxygen atoms in total. The van der Waals surface area contributed by atoms with Crippen LogP contribution in [0.2, 0.25) is 5.02 Å². The van der Waals surface area contributed by atoms with Crippen LogP contribution in [0.3, 0.4) is 0 Å². The van der Waals surface area contributed by atoms with Crippen molar-refractivity contribution in [1.29, 1.82) is 10.5 Å². The SMILES string of the molecule is Cc1nc(-c2ccccc2)sc1C(=O)C1C(c2ccc(Cl)cc2)C1(C#N)C#N. The number of rotatable bonds is 4. The minimum absolute atomic E-state index is 0.194. The molecule has 6 heteroatoms. The highest BCUT2D eigenvalue weighted by atomic mass is 35.5. The summed E-state index contributed by atoms with van der Waals surface area (Å²) in [5.74, 6) is -1.36. The number of aryl methyl sites for hydroxylation is 1. The van der Waals surface area contributed by atoms with Crippen molar-refractivity contribution in [2.75, 3.05) is 0 Å². The van der Waals surface area contributed by atoms with Crippen molar-refractivity contribution in [1.82, 2.24) is 4.98 Å². The van der Waals surface area contributed by atoms with Gasteiger partial charge < -0.3 is 0 Å². The van der Waals surface area contributed by atoms with Gasteiger partial charge in [-0.3, -0.25) is 4.79 Å². The van der Waals surface area contributed by atoms with E-state index in [1.807, 2.05) is 30.3 Å². The van der Waals surface area contributed by atoms with Gasteiger partial charge in [0.25, 0.3) is 0 Å². The molecule has 1 aliphatic carbocycles. The zero-order valence-corrected chi connectivity index (χ0v) is 16.5. The third-order valence-corrected chi connectivity index (χ3v) is 6.60. The van der Waals surface area contributed by atoms with Gasteiger partial charge in [0.05, 0.1) is 28.6 Å². The van der Waals surface area contributed by atoms with Crippen LogP contribution >= 0.6 is 22.9 Å². The van der Waals surface area contributed by atoms with Crippen LogP contribution in [-0.4, -0.2) is 10.8 Å². The normalized spacial score (nSPS) is 19.4. The lowest BCUT2D eigenvalue weighted by Crippen LogP contribution is -2.08. The first-order chi connectivity index (χ1) is 13.5. The molecule has 2 aromatic carbocycles. The number of hydrogen-bond donors (Lipinski definition) is 0. The standard InChI is InChI=1S/C22H14ClN3OS/c1-13-20(28-21(26-13)15-5-3-2-4-6-15)19(27)18-17(22(18,11-24)12-25)14-7-9-16(23)10-8-14/h2-10,17-18H,1H3. The van der Waals surface area contributed by atoms with E-state index in [-0.39, 0.29) is 5.78 Å². The average Bonchev–Trinajstić information content (AvgIpc) is 3.25. The molecule has 3 aromatic rings. The van der Waals surface area contributed by atoms with E-state index >= 15 is 0 Å².